The highest BCUT2D eigenvalue weighted by molar-refractivity contribution is 5.96. The molecule has 6 nitrogen and oxygen atoms in total. The molecule has 1 aliphatic carbocycles. The molecule has 6 heteroatoms. The highest BCUT2D eigenvalue weighted by Gasteiger charge is 2.33. The van der Waals surface area contributed by atoms with Gasteiger partial charge in [-0.25, -0.2) is 4.98 Å². The van der Waals surface area contributed by atoms with Crippen molar-refractivity contribution in [1.82, 2.24) is 19.7 Å². The van der Waals surface area contributed by atoms with Crippen molar-refractivity contribution < 1.29 is 9.59 Å². The lowest BCUT2D eigenvalue weighted by Crippen LogP contribution is -2.55. The average molecular weight is 523 g/mol. The Morgan fingerprint density at radius 2 is 1.18 bits per heavy atom. The molecule has 0 N–H and O–H groups in total. The number of carbonyl (C=O) groups excluding carboxylic acids is 2. The molecule has 1 saturated carbocycles. The smallest absolute Gasteiger partial charge is 0.254 e. The molecule has 2 amide bonds. The predicted molar refractivity (Wildman–Crippen MR) is 154 cm³/mol. The summed E-state index contributed by atoms with van der Waals surface area (Å²) in [6.07, 6.45) is 6.64. The normalized spacial score (nSPS) is 19.4. The fourth-order valence-corrected chi connectivity index (χ4v) is 6.52. The van der Waals surface area contributed by atoms with Crippen LogP contribution in [0.25, 0.3) is 22.5 Å². The second-order valence-corrected chi connectivity index (χ2v) is 11.2. The Hall–Kier alpha value is -3.51. The van der Waals surface area contributed by atoms with Gasteiger partial charge in [-0.3, -0.25) is 14.5 Å². The second kappa shape index (κ2) is 11.7. The van der Waals surface area contributed by atoms with Crippen LogP contribution in [-0.2, 0) is 4.79 Å². The van der Waals surface area contributed by atoms with Crippen LogP contribution in [0.3, 0.4) is 0 Å². The summed E-state index contributed by atoms with van der Waals surface area (Å²) in [6.45, 7) is 4.97. The molecule has 3 aliphatic rings. The number of rotatable bonds is 5. The Balaban J connectivity index is 1.11. The van der Waals surface area contributed by atoms with Gasteiger partial charge in [0.05, 0.1) is 11.4 Å². The van der Waals surface area contributed by atoms with Crippen molar-refractivity contribution in [1.29, 1.82) is 0 Å². The molecule has 3 fully saturated rings. The van der Waals surface area contributed by atoms with Gasteiger partial charge in [0, 0.05) is 67.9 Å². The Labute approximate surface area is 231 Å². The Morgan fingerprint density at radius 3 is 1.72 bits per heavy atom. The van der Waals surface area contributed by atoms with Gasteiger partial charge >= 0.3 is 0 Å². The maximum atomic E-state index is 13.7. The van der Waals surface area contributed by atoms with Crippen LogP contribution in [0.1, 0.15) is 48.9 Å². The highest BCUT2D eigenvalue weighted by atomic mass is 16.2. The van der Waals surface area contributed by atoms with Crippen LogP contribution in [0, 0.1) is 5.92 Å². The van der Waals surface area contributed by atoms with Gasteiger partial charge in [0.2, 0.25) is 5.91 Å². The van der Waals surface area contributed by atoms with E-state index in [2.05, 4.69) is 9.80 Å². The molecule has 0 bridgehead atoms. The van der Waals surface area contributed by atoms with Crippen molar-refractivity contribution in [3.8, 4) is 22.5 Å². The van der Waals surface area contributed by atoms with E-state index in [9.17, 15) is 9.59 Å². The lowest BCUT2D eigenvalue weighted by atomic mass is 9.99. The number of piperazine rings is 1. The van der Waals surface area contributed by atoms with E-state index >= 15 is 0 Å². The number of hydrogen-bond acceptors (Lipinski definition) is 4. The number of benzene rings is 2. The Kier molecular flexibility index (Phi) is 7.73. The Morgan fingerprint density at radius 1 is 0.641 bits per heavy atom. The zero-order valence-corrected chi connectivity index (χ0v) is 22.7. The molecule has 0 spiro atoms. The number of pyridine rings is 1. The van der Waals surface area contributed by atoms with Gasteiger partial charge in [-0.05, 0) is 37.8 Å². The first-order chi connectivity index (χ1) is 19.2. The number of nitrogens with zero attached hydrogens (tertiary/aromatic N) is 4. The average Bonchev–Trinajstić information content (AvgIpc) is 3.56. The summed E-state index contributed by atoms with van der Waals surface area (Å²) in [4.78, 5) is 38.1. The minimum absolute atomic E-state index is 0.0726. The summed E-state index contributed by atoms with van der Waals surface area (Å²) in [5.74, 6) is 0.737. The third-order valence-corrected chi connectivity index (χ3v) is 8.81. The summed E-state index contributed by atoms with van der Waals surface area (Å²) in [6, 6.07) is 24.5. The highest BCUT2D eigenvalue weighted by Crippen LogP contribution is 2.29. The number of piperidine rings is 1. The van der Waals surface area contributed by atoms with Crippen molar-refractivity contribution in [2.75, 3.05) is 39.3 Å². The number of carbonyl (C=O) groups is 2. The molecule has 0 unspecified atom stereocenters. The summed E-state index contributed by atoms with van der Waals surface area (Å²) >= 11 is 0. The lowest BCUT2D eigenvalue weighted by Gasteiger charge is -2.43. The quantitative estimate of drug-likeness (QED) is 0.453. The van der Waals surface area contributed by atoms with Crippen molar-refractivity contribution in [2.45, 2.75) is 44.6 Å². The lowest BCUT2D eigenvalue weighted by molar-refractivity contribution is -0.137. The molecule has 3 heterocycles. The van der Waals surface area contributed by atoms with Crippen LogP contribution in [0.5, 0.6) is 0 Å². The first kappa shape index (κ1) is 25.8. The number of likely N-dealkylation sites (tertiary alicyclic amines) is 1. The molecule has 1 aromatic heterocycles. The van der Waals surface area contributed by atoms with E-state index in [0.717, 1.165) is 87.5 Å². The number of aromatic nitrogens is 1. The van der Waals surface area contributed by atoms with Gasteiger partial charge in [0.25, 0.3) is 5.91 Å². The van der Waals surface area contributed by atoms with E-state index in [1.54, 1.807) is 0 Å². The number of hydrogen-bond donors (Lipinski definition) is 0. The largest absolute Gasteiger partial charge is 0.342 e. The summed E-state index contributed by atoms with van der Waals surface area (Å²) in [7, 11) is 0. The zero-order chi connectivity index (χ0) is 26.6. The maximum absolute atomic E-state index is 13.7. The molecular weight excluding hydrogens is 484 g/mol. The minimum atomic E-state index is 0.0726. The van der Waals surface area contributed by atoms with Gasteiger partial charge in [-0.2, -0.15) is 0 Å². The van der Waals surface area contributed by atoms with E-state index in [4.69, 9.17) is 4.98 Å². The molecule has 0 radical (unpaired) electrons. The first-order valence-electron chi connectivity index (χ1n) is 14.6. The van der Waals surface area contributed by atoms with E-state index in [1.165, 1.54) is 12.8 Å². The number of amides is 2. The van der Waals surface area contributed by atoms with Gasteiger partial charge in [0.1, 0.15) is 0 Å². The van der Waals surface area contributed by atoms with E-state index in [-0.39, 0.29) is 11.8 Å². The molecule has 2 aliphatic heterocycles. The van der Waals surface area contributed by atoms with Crippen LogP contribution >= 0.6 is 0 Å². The second-order valence-electron chi connectivity index (χ2n) is 11.2. The van der Waals surface area contributed by atoms with Crippen molar-refractivity contribution in [3.63, 3.8) is 0 Å². The Bertz CT molecular complexity index is 1220. The van der Waals surface area contributed by atoms with Gasteiger partial charge < -0.3 is 9.80 Å². The standard InChI is InChI=1S/C33H38N4O2/c38-32(27-13-7-8-14-27)36-17-15-29(16-18-36)35-19-21-37(22-20-35)33(39)28-23-30(25-9-3-1-4-10-25)34-31(24-28)26-11-5-2-6-12-26/h1-6,9-12,23-24,27,29H,7-8,13-22H2. The fraction of sp³-hybridized carbons (Fsp3) is 0.424. The molecule has 39 heavy (non-hydrogen) atoms. The van der Waals surface area contributed by atoms with Crippen molar-refractivity contribution >= 4 is 11.8 Å². The molecule has 0 atom stereocenters. The summed E-state index contributed by atoms with van der Waals surface area (Å²) in [5, 5.41) is 0. The molecular formula is C33H38N4O2. The van der Waals surface area contributed by atoms with Crippen LogP contribution in [-0.4, -0.2) is 76.8 Å². The van der Waals surface area contributed by atoms with Gasteiger partial charge in [-0.15, -0.1) is 0 Å². The van der Waals surface area contributed by atoms with Crippen LogP contribution in [0.15, 0.2) is 72.8 Å². The summed E-state index contributed by atoms with van der Waals surface area (Å²) in [5.41, 5.74) is 4.34. The maximum Gasteiger partial charge on any atom is 0.254 e. The predicted octanol–water partition coefficient (Wildman–Crippen LogP) is 5.35. The molecule has 2 aromatic carbocycles. The zero-order valence-electron chi connectivity index (χ0n) is 22.7. The summed E-state index contributed by atoms with van der Waals surface area (Å²) < 4.78 is 0. The van der Waals surface area contributed by atoms with E-state index in [1.807, 2.05) is 77.7 Å². The molecule has 3 aromatic rings. The van der Waals surface area contributed by atoms with Gasteiger partial charge in [0.15, 0.2) is 0 Å². The van der Waals surface area contributed by atoms with E-state index < -0.39 is 0 Å². The molecule has 2 saturated heterocycles. The topological polar surface area (TPSA) is 56.8 Å². The van der Waals surface area contributed by atoms with Crippen LogP contribution in [0.2, 0.25) is 0 Å². The van der Waals surface area contributed by atoms with E-state index in [0.29, 0.717) is 17.5 Å². The molecule has 6 rings (SSSR count). The van der Waals surface area contributed by atoms with Gasteiger partial charge in [-0.1, -0.05) is 73.5 Å². The van der Waals surface area contributed by atoms with Crippen molar-refractivity contribution in [3.05, 3.63) is 78.4 Å². The monoisotopic (exact) mass is 522 g/mol. The van der Waals surface area contributed by atoms with Crippen molar-refractivity contribution in [2.24, 2.45) is 5.92 Å². The first-order valence-corrected chi connectivity index (χ1v) is 14.6. The van der Waals surface area contributed by atoms with Crippen LogP contribution < -0.4 is 0 Å². The minimum Gasteiger partial charge on any atom is -0.342 e. The third-order valence-electron chi connectivity index (χ3n) is 8.81. The SMILES string of the molecule is O=C(c1cc(-c2ccccc2)nc(-c2ccccc2)c1)N1CCN(C2CCN(C(=O)C3CCCC3)CC2)CC1. The molecule has 202 valence electrons. The fourth-order valence-electron chi connectivity index (χ4n) is 6.52. The van der Waals surface area contributed by atoms with Crippen LogP contribution in [0.4, 0.5) is 0 Å². The third kappa shape index (κ3) is 5.76.